The Hall–Kier alpha value is -2.60. The highest BCUT2D eigenvalue weighted by molar-refractivity contribution is 7.98. The van der Waals surface area contributed by atoms with E-state index in [1.165, 1.54) is 4.90 Å². The fourth-order valence-electron chi connectivity index (χ4n) is 2.42. The number of fused-ring (bicyclic) bond motifs is 1. The third-order valence-corrected chi connectivity index (χ3v) is 4.32. The van der Waals surface area contributed by atoms with Gasteiger partial charge in [0.25, 0.3) is 0 Å². The van der Waals surface area contributed by atoms with Crippen molar-refractivity contribution >= 4 is 34.0 Å². The number of hydrogen-bond donors (Lipinski definition) is 1. The molecule has 0 atom stereocenters. The van der Waals surface area contributed by atoms with Crippen LogP contribution < -0.4 is 5.32 Å². The van der Waals surface area contributed by atoms with E-state index in [-0.39, 0.29) is 10.6 Å². The van der Waals surface area contributed by atoms with Gasteiger partial charge in [-0.2, -0.15) is 0 Å². The molecule has 2 aromatic carbocycles. The molecule has 116 valence electrons. The molecule has 0 radical (unpaired) electrons. The highest BCUT2D eigenvalue weighted by atomic mass is 32.2. The maximum Gasteiger partial charge on any atom is 0.301 e. The first-order valence-corrected chi connectivity index (χ1v) is 8.30. The normalized spacial score (nSPS) is 10.7. The topological polar surface area (TPSA) is 68.1 Å². The summed E-state index contributed by atoms with van der Waals surface area (Å²) < 4.78 is 0. The number of hydrogen-bond acceptors (Lipinski definition) is 5. The van der Waals surface area contributed by atoms with Gasteiger partial charge in [-0.1, -0.05) is 12.1 Å². The molecule has 1 heterocycles. The van der Waals surface area contributed by atoms with Crippen molar-refractivity contribution in [1.82, 2.24) is 4.98 Å². The molecule has 0 fully saturated rings. The number of aromatic nitrogens is 1. The second-order valence-corrected chi connectivity index (χ2v) is 5.87. The van der Waals surface area contributed by atoms with Crippen LogP contribution in [-0.4, -0.2) is 16.2 Å². The average molecular weight is 325 g/mol. The summed E-state index contributed by atoms with van der Waals surface area (Å²) in [6.07, 6.45) is 3.66. The van der Waals surface area contributed by atoms with Gasteiger partial charge in [0, 0.05) is 17.6 Å². The number of anilines is 1. The molecule has 23 heavy (non-hydrogen) atoms. The van der Waals surface area contributed by atoms with Crippen LogP contribution in [0.2, 0.25) is 0 Å². The molecular formula is C17H15N3O2S. The highest BCUT2D eigenvalue weighted by Crippen LogP contribution is 2.32. The third-order valence-electron chi connectivity index (χ3n) is 3.58. The fourth-order valence-corrected chi connectivity index (χ4v) is 2.83. The maximum absolute atomic E-state index is 11.5. The monoisotopic (exact) mass is 325 g/mol. The van der Waals surface area contributed by atoms with Crippen molar-refractivity contribution in [3.05, 3.63) is 70.4 Å². The van der Waals surface area contributed by atoms with E-state index in [1.807, 2.05) is 30.5 Å². The zero-order chi connectivity index (χ0) is 16.2. The molecule has 1 aromatic heterocycles. The van der Waals surface area contributed by atoms with Gasteiger partial charge in [0.15, 0.2) is 0 Å². The SMILES string of the molecule is CSc1ccc(CNc2ccc3ncccc3c2[N+](=O)[O-])cc1. The molecule has 0 saturated carbocycles. The molecule has 3 aromatic rings. The number of benzene rings is 2. The van der Waals surface area contributed by atoms with Crippen molar-refractivity contribution in [1.29, 1.82) is 0 Å². The summed E-state index contributed by atoms with van der Waals surface area (Å²) in [6.45, 7) is 0.529. The van der Waals surface area contributed by atoms with E-state index in [0.717, 1.165) is 5.56 Å². The molecule has 5 nitrogen and oxygen atoms in total. The van der Waals surface area contributed by atoms with E-state index in [2.05, 4.69) is 10.3 Å². The van der Waals surface area contributed by atoms with Crippen LogP contribution in [0.25, 0.3) is 10.9 Å². The van der Waals surface area contributed by atoms with Crippen LogP contribution in [0, 0.1) is 10.1 Å². The maximum atomic E-state index is 11.5. The van der Waals surface area contributed by atoms with E-state index in [9.17, 15) is 10.1 Å². The Kier molecular flexibility index (Phi) is 4.43. The molecule has 3 rings (SSSR count). The Labute approximate surface area is 137 Å². The summed E-state index contributed by atoms with van der Waals surface area (Å²) >= 11 is 1.68. The Morgan fingerprint density at radius 1 is 1.17 bits per heavy atom. The van der Waals surface area contributed by atoms with Gasteiger partial charge >= 0.3 is 5.69 Å². The first kappa shape index (κ1) is 15.3. The largest absolute Gasteiger partial charge is 0.375 e. The van der Waals surface area contributed by atoms with Crippen LogP contribution in [0.4, 0.5) is 11.4 Å². The molecule has 0 amide bonds. The van der Waals surface area contributed by atoms with Crippen LogP contribution in [0.1, 0.15) is 5.56 Å². The van der Waals surface area contributed by atoms with Crippen LogP contribution >= 0.6 is 11.8 Å². The van der Waals surface area contributed by atoms with E-state index >= 15 is 0 Å². The van der Waals surface area contributed by atoms with Gasteiger partial charge in [-0.25, -0.2) is 0 Å². The number of pyridine rings is 1. The lowest BCUT2D eigenvalue weighted by Crippen LogP contribution is -2.03. The number of thioether (sulfide) groups is 1. The van der Waals surface area contributed by atoms with Crippen molar-refractivity contribution in [2.75, 3.05) is 11.6 Å². The zero-order valence-corrected chi connectivity index (χ0v) is 13.3. The molecule has 0 unspecified atom stereocenters. The Morgan fingerprint density at radius 2 is 1.96 bits per heavy atom. The highest BCUT2D eigenvalue weighted by Gasteiger charge is 2.18. The minimum absolute atomic E-state index is 0.0660. The second kappa shape index (κ2) is 6.66. The van der Waals surface area contributed by atoms with Crippen LogP contribution in [0.3, 0.4) is 0 Å². The van der Waals surface area contributed by atoms with E-state index in [1.54, 1.807) is 42.2 Å². The van der Waals surface area contributed by atoms with Crippen LogP contribution in [0.5, 0.6) is 0 Å². The lowest BCUT2D eigenvalue weighted by molar-refractivity contribution is -0.382. The predicted molar refractivity (Wildman–Crippen MR) is 93.9 cm³/mol. The molecule has 0 saturated heterocycles. The van der Waals surface area contributed by atoms with Gasteiger partial charge in [-0.05, 0) is 48.2 Å². The molecule has 0 spiro atoms. The molecule has 0 aliphatic carbocycles. The second-order valence-electron chi connectivity index (χ2n) is 4.99. The molecule has 0 aliphatic rings. The Balaban J connectivity index is 1.89. The minimum atomic E-state index is -0.358. The zero-order valence-electron chi connectivity index (χ0n) is 12.5. The molecule has 0 aliphatic heterocycles. The Bertz CT molecular complexity index is 850. The van der Waals surface area contributed by atoms with Gasteiger partial charge < -0.3 is 5.32 Å². The summed E-state index contributed by atoms with van der Waals surface area (Å²) in [4.78, 5) is 16.5. The number of nitro groups is 1. The summed E-state index contributed by atoms with van der Waals surface area (Å²) in [5.74, 6) is 0. The summed E-state index contributed by atoms with van der Waals surface area (Å²) in [5.41, 5.74) is 2.26. The first-order chi connectivity index (χ1) is 11.2. The molecule has 0 bridgehead atoms. The predicted octanol–water partition coefficient (Wildman–Crippen LogP) is 4.48. The quantitative estimate of drug-likeness (QED) is 0.425. The number of nitrogens with zero attached hydrogens (tertiary/aromatic N) is 2. The van der Waals surface area contributed by atoms with Crippen molar-refractivity contribution in [3.8, 4) is 0 Å². The van der Waals surface area contributed by atoms with Gasteiger partial charge in [0.05, 0.1) is 15.8 Å². The van der Waals surface area contributed by atoms with Crippen LogP contribution in [0.15, 0.2) is 59.6 Å². The van der Waals surface area contributed by atoms with Gasteiger partial charge in [-0.3, -0.25) is 15.1 Å². The lowest BCUT2D eigenvalue weighted by atomic mass is 10.1. The number of nitro benzene ring substituents is 1. The van der Waals surface area contributed by atoms with Crippen molar-refractivity contribution < 1.29 is 4.92 Å². The van der Waals surface area contributed by atoms with Crippen molar-refractivity contribution in [2.24, 2.45) is 0 Å². The van der Waals surface area contributed by atoms with Crippen molar-refractivity contribution in [2.45, 2.75) is 11.4 Å². The molecule has 6 heteroatoms. The smallest absolute Gasteiger partial charge is 0.301 e. The van der Waals surface area contributed by atoms with E-state index in [0.29, 0.717) is 23.1 Å². The first-order valence-electron chi connectivity index (χ1n) is 7.08. The fraction of sp³-hybridized carbons (Fsp3) is 0.118. The standard InChI is InChI=1S/C17H15N3O2S/c1-23-13-6-4-12(5-7-13)11-19-16-9-8-15-14(3-2-10-18-15)17(16)20(21)22/h2-10,19H,11H2,1H3. The Morgan fingerprint density at radius 3 is 2.65 bits per heavy atom. The molecular weight excluding hydrogens is 310 g/mol. The summed E-state index contributed by atoms with van der Waals surface area (Å²) in [7, 11) is 0. The van der Waals surface area contributed by atoms with Crippen LogP contribution in [-0.2, 0) is 6.54 Å². The minimum Gasteiger partial charge on any atom is -0.375 e. The third kappa shape index (κ3) is 3.27. The van der Waals surface area contributed by atoms with Gasteiger partial charge in [-0.15, -0.1) is 11.8 Å². The number of nitrogens with one attached hydrogen (secondary N) is 1. The van der Waals surface area contributed by atoms with Crippen molar-refractivity contribution in [3.63, 3.8) is 0 Å². The number of rotatable bonds is 5. The lowest BCUT2D eigenvalue weighted by Gasteiger charge is -2.09. The van der Waals surface area contributed by atoms with Gasteiger partial charge in [0.1, 0.15) is 5.69 Å². The van der Waals surface area contributed by atoms with E-state index < -0.39 is 0 Å². The van der Waals surface area contributed by atoms with Gasteiger partial charge in [0.2, 0.25) is 0 Å². The molecule has 1 N–H and O–H groups in total. The summed E-state index contributed by atoms with van der Waals surface area (Å²) in [5, 5.41) is 15.2. The van der Waals surface area contributed by atoms with E-state index in [4.69, 9.17) is 0 Å². The summed E-state index contributed by atoms with van der Waals surface area (Å²) in [6, 6.07) is 15.1. The average Bonchev–Trinajstić information content (AvgIpc) is 2.59.